The molecule has 1 aromatic heterocycles. The van der Waals surface area contributed by atoms with Gasteiger partial charge in [0.2, 0.25) is 0 Å². The minimum atomic E-state index is -0.649. The van der Waals surface area contributed by atoms with Crippen molar-refractivity contribution in [2.45, 2.75) is 6.61 Å². The predicted molar refractivity (Wildman–Crippen MR) is 67.2 cm³/mol. The highest BCUT2D eigenvalue weighted by molar-refractivity contribution is 5.66. The molecule has 1 amide bonds. The van der Waals surface area contributed by atoms with E-state index in [4.69, 9.17) is 10.6 Å². The Morgan fingerprint density at radius 3 is 2.61 bits per heavy atom. The average Bonchev–Trinajstić information content (AvgIpc) is 2.46. The van der Waals surface area contributed by atoms with Gasteiger partial charge in [0.25, 0.3) is 0 Å². The molecule has 0 fully saturated rings. The van der Waals surface area contributed by atoms with E-state index in [9.17, 15) is 4.79 Å². The van der Waals surface area contributed by atoms with Gasteiger partial charge in [0.1, 0.15) is 6.61 Å². The lowest BCUT2D eigenvalue weighted by Gasteiger charge is -2.05. The SMILES string of the molecule is NNC(=O)OCc1ccc(-c2ccccn2)cc1. The molecule has 18 heavy (non-hydrogen) atoms. The van der Waals surface area contributed by atoms with E-state index in [0.717, 1.165) is 16.8 Å². The molecular weight excluding hydrogens is 230 g/mol. The molecule has 5 nitrogen and oxygen atoms in total. The summed E-state index contributed by atoms with van der Waals surface area (Å²) in [5.74, 6) is 4.90. The lowest BCUT2D eigenvalue weighted by Crippen LogP contribution is -2.30. The van der Waals surface area contributed by atoms with E-state index in [-0.39, 0.29) is 6.61 Å². The minimum absolute atomic E-state index is 0.186. The quantitative estimate of drug-likeness (QED) is 0.490. The molecule has 1 aromatic carbocycles. The number of nitrogens with one attached hydrogen (secondary N) is 1. The molecule has 0 radical (unpaired) electrons. The average molecular weight is 243 g/mol. The molecule has 0 aliphatic rings. The lowest BCUT2D eigenvalue weighted by atomic mass is 10.1. The van der Waals surface area contributed by atoms with Crippen molar-refractivity contribution >= 4 is 6.09 Å². The van der Waals surface area contributed by atoms with Crippen molar-refractivity contribution in [1.82, 2.24) is 10.4 Å². The highest BCUT2D eigenvalue weighted by atomic mass is 16.5. The Bertz CT molecular complexity index is 512. The number of nitrogens with zero attached hydrogens (tertiary/aromatic N) is 1. The van der Waals surface area contributed by atoms with Gasteiger partial charge in [-0.25, -0.2) is 10.6 Å². The second-order valence-electron chi connectivity index (χ2n) is 3.63. The zero-order valence-corrected chi connectivity index (χ0v) is 9.67. The molecule has 0 bridgehead atoms. The van der Waals surface area contributed by atoms with Gasteiger partial charge in [-0.1, -0.05) is 30.3 Å². The molecule has 3 N–H and O–H groups in total. The zero-order valence-electron chi connectivity index (χ0n) is 9.67. The number of pyridine rings is 1. The topological polar surface area (TPSA) is 77.2 Å². The number of benzene rings is 1. The van der Waals surface area contributed by atoms with Gasteiger partial charge in [0.15, 0.2) is 0 Å². The van der Waals surface area contributed by atoms with Gasteiger partial charge < -0.3 is 4.74 Å². The molecule has 0 unspecified atom stereocenters. The normalized spacial score (nSPS) is 9.83. The molecule has 92 valence electrons. The van der Waals surface area contributed by atoms with Gasteiger partial charge in [-0.05, 0) is 17.7 Å². The molecule has 0 aliphatic carbocycles. The van der Waals surface area contributed by atoms with Crippen LogP contribution in [-0.4, -0.2) is 11.1 Å². The van der Waals surface area contributed by atoms with Crippen molar-refractivity contribution in [3.8, 4) is 11.3 Å². The molecule has 5 heteroatoms. The summed E-state index contributed by atoms with van der Waals surface area (Å²) in [6, 6.07) is 13.4. The third kappa shape index (κ3) is 3.05. The summed E-state index contributed by atoms with van der Waals surface area (Å²) < 4.78 is 4.83. The zero-order chi connectivity index (χ0) is 12.8. The summed E-state index contributed by atoms with van der Waals surface area (Å²) in [7, 11) is 0. The first-order valence-corrected chi connectivity index (χ1v) is 5.43. The predicted octanol–water partition coefficient (Wildman–Crippen LogP) is 1.85. The number of hydrogen-bond donors (Lipinski definition) is 2. The Hall–Kier alpha value is -2.40. The lowest BCUT2D eigenvalue weighted by molar-refractivity contribution is 0.140. The molecule has 0 aliphatic heterocycles. The number of carbonyl (C=O) groups is 1. The number of hydrazine groups is 1. The maximum Gasteiger partial charge on any atom is 0.421 e. The van der Waals surface area contributed by atoms with Crippen LogP contribution in [0.4, 0.5) is 4.79 Å². The van der Waals surface area contributed by atoms with Gasteiger partial charge in [-0.3, -0.25) is 10.4 Å². The maximum absolute atomic E-state index is 10.8. The van der Waals surface area contributed by atoms with Crippen LogP contribution >= 0.6 is 0 Å². The van der Waals surface area contributed by atoms with Crippen molar-refractivity contribution in [1.29, 1.82) is 0 Å². The Balaban J connectivity index is 2.04. The van der Waals surface area contributed by atoms with Gasteiger partial charge in [-0.15, -0.1) is 0 Å². The van der Waals surface area contributed by atoms with Gasteiger partial charge >= 0.3 is 6.09 Å². The first-order valence-electron chi connectivity index (χ1n) is 5.43. The Labute approximate surface area is 105 Å². The Morgan fingerprint density at radius 2 is 2.00 bits per heavy atom. The number of carbonyl (C=O) groups excluding carboxylic acids is 1. The molecule has 0 atom stereocenters. The summed E-state index contributed by atoms with van der Waals surface area (Å²) in [4.78, 5) is 15.1. The van der Waals surface area contributed by atoms with Crippen LogP contribution in [0.1, 0.15) is 5.56 Å². The van der Waals surface area contributed by atoms with Crippen molar-refractivity contribution in [3.05, 3.63) is 54.2 Å². The van der Waals surface area contributed by atoms with Crippen molar-refractivity contribution in [2.24, 2.45) is 5.84 Å². The molecule has 2 aromatic rings. The number of rotatable bonds is 3. The van der Waals surface area contributed by atoms with Crippen LogP contribution in [-0.2, 0) is 11.3 Å². The Morgan fingerprint density at radius 1 is 1.22 bits per heavy atom. The van der Waals surface area contributed by atoms with Gasteiger partial charge in [-0.2, -0.15) is 0 Å². The monoisotopic (exact) mass is 243 g/mol. The summed E-state index contributed by atoms with van der Waals surface area (Å²) in [5, 5.41) is 0. The fourth-order valence-corrected chi connectivity index (χ4v) is 1.50. The van der Waals surface area contributed by atoms with E-state index in [2.05, 4.69) is 4.98 Å². The van der Waals surface area contributed by atoms with Crippen LogP contribution in [0.25, 0.3) is 11.3 Å². The molecule has 2 rings (SSSR count). The third-order valence-corrected chi connectivity index (χ3v) is 2.40. The number of ether oxygens (including phenoxy) is 1. The fourth-order valence-electron chi connectivity index (χ4n) is 1.50. The first kappa shape index (κ1) is 12.1. The van der Waals surface area contributed by atoms with E-state index in [1.807, 2.05) is 47.9 Å². The second-order valence-corrected chi connectivity index (χ2v) is 3.63. The van der Waals surface area contributed by atoms with E-state index >= 15 is 0 Å². The third-order valence-electron chi connectivity index (χ3n) is 2.40. The second kappa shape index (κ2) is 5.79. The molecule has 0 spiro atoms. The van der Waals surface area contributed by atoms with Crippen LogP contribution in [0.15, 0.2) is 48.7 Å². The molecule has 0 saturated heterocycles. The van der Waals surface area contributed by atoms with Crippen LogP contribution in [0.5, 0.6) is 0 Å². The smallest absolute Gasteiger partial charge is 0.421 e. The molecule has 1 heterocycles. The van der Waals surface area contributed by atoms with E-state index in [1.54, 1.807) is 6.20 Å². The summed E-state index contributed by atoms with van der Waals surface area (Å²) in [6.45, 7) is 0.186. The van der Waals surface area contributed by atoms with Crippen molar-refractivity contribution < 1.29 is 9.53 Å². The number of hydrogen-bond acceptors (Lipinski definition) is 4. The van der Waals surface area contributed by atoms with Crippen molar-refractivity contribution in [2.75, 3.05) is 0 Å². The van der Waals surface area contributed by atoms with E-state index < -0.39 is 6.09 Å². The van der Waals surface area contributed by atoms with Crippen LogP contribution in [0.2, 0.25) is 0 Å². The van der Waals surface area contributed by atoms with Crippen LogP contribution < -0.4 is 11.3 Å². The Kier molecular flexibility index (Phi) is 3.88. The largest absolute Gasteiger partial charge is 0.444 e. The first-order chi connectivity index (χ1) is 8.79. The summed E-state index contributed by atoms with van der Waals surface area (Å²) >= 11 is 0. The van der Waals surface area contributed by atoms with E-state index in [0.29, 0.717) is 0 Å². The maximum atomic E-state index is 10.8. The number of amides is 1. The fraction of sp³-hybridized carbons (Fsp3) is 0.0769. The highest BCUT2D eigenvalue weighted by Gasteiger charge is 2.01. The summed E-state index contributed by atoms with van der Waals surface area (Å²) in [5.41, 5.74) is 4.71. The number of aromatic nitrogens is 1. The minimum Gasteiger partial charge on any atom is -0.444 e. The van der Waals surface area contributed by atoms with E-state index in [1.165, 1.54) is 0 Å². The van der Waals surface area contributed by atoms with Gasteiger partial charge in [0.05, 0.1) is 5.69 Å². The molecule has 0 saturated carbocycles. The van der Waals surface area contributed by atoms with Crippen LogP contribution in [0.3, 0.4) is 0 Å². The number of nitrogens with two attached hydrogens (primary N) is 1. The summed E-state index contributed by atoms with van der Waals surface area (Å²) in [6.07, 6.45) is 1.10. The highest BCUT2D eigenvalue weighted by Crippen LogP contribution is 2.17. The van der Waals surface area contributed by atoms with Gasteiger partial charge in [0, 0.05) is 11.8 Å². The van der Waals surface area contributed by atoms with Crippen molar-refractivity contribution in [3.63, 3.8) is 0 Å². The van der Waals surface area contributed by atoms with Crippen LogP contribution in [0, 0.1) is 0 Å². The molecular formula is C13H13N3O2. The standard InChI is InChI=1S/C13H13N3O2/c14-16-13(17)18-9-10-4-6-11(7-5-10)12-3-1-2-8-15-12/h1-8H,9,14H2,(H,16,17).